The molecular weight excluding hydrogens is 358 g/mol. The molecular formula is C21H23N3O4. The summed E-state index contributed by atoms with van der Waals surface area (Å²) in [7, 11) is 0. The van der Waals surface area contributed by atoms with Gasteiger partial charge in [-0.15, -0.1) is 0 Å². The fraction of sp³-hybridized carbons (Fsp3) is 0.286. The highest BCUT2D eigenvalue weighted by atomic mass is 16.6. The fourth-order valence-corrected chi connectivity index (χ4v) is 2.60. The van der Waals surface area contributed by atoms with E-state index in [0.717, 1.165) is 11.3 Å². The molecule has 0 spiro atoms. The summed E-state index contributed by atoms with van der Waals surface area (Å²) in [6, 6.07) is 15.0. The molecule has 28 heavy (non-hydrogen) atoms. The largest absolute Gasteiger partial charge is 0.494 e. The van der Waals surface area contributed by atoms with Crippen LogP contribution in [0.5, 0.6) is 11.5 Å². The molecule has 0 atom stereocenters. The van der Waals surface area contributed by atoms with Crippen molar-refractivity contribution in [3.63, 3.8) is 0 Å². The first kappa shape index (κ1) is 19.4. The van der Waals surface area contributed by atoms with Crippen LogP contribution < -0.4 is 14.8 Å². The maximum atomic E-state index is 12.2. The van der Waals surface area contributed by atoms with E-state index in [2.05, 4.69) is 29.5 Å². The molecule has 0 aliphatic carbocycles. The minimum Gasteiger partial charge on any atom is -0.494 e. The van der Waals surface area contributed by atoms with Crippen LogP contribution in [0, 0.1) is 0 Å². The predicted octanol–water partition coefficient (Wildman–Crippen LogP) is 4.28. The normalized spacial score (nSPS) is 10.7. The lowest BCUT2D eigenvalue weighted by Gasteiger charge is -2.09. The highest BCUT2D eigenvalue weighted by Crippen LogP contribution is 2.26. The van der Waals surface area contributed by atoms with Crippen LogP contribution >= 0.6 is 0 Å². The molecule has 3 rings (SSSR count). The monoisotopic (exact) mass is 381 g/mol. The Kier molecular flexibility index (Phi) is 6.26. The standard InChI is InChI=1S/C21H23N3O4/c1-4-26-17-11-7-16(8-12-17)20-21(24-28-23-20)22-19(25)13-27-18-9-5-15(6-10-18)14(2)3/h5-12,14H,4,13H2,1-3H3,(H,22,24,25). The van der Waals surface area contributed by atoms with E-state index in [1.807, 2.05) is 55.5 Å². The van der Waals surface area contributed by atoms with Crippen molar-refractivity contribution in [1.29, 1.82) is 0 Å². The fourth-order valence-electron chi connectivity index (χ4n) is 2.60. The summed E-state index contributed by atoms with van der Waals surface area (Å²) in [5.74, 6) is 1.72. The van der Waals surface area contributed by atoms with E-state index >= 15 is 0 Å². The minimum absolute atomic E-state index is 0.142. The van der Waals surface area contributed by atoms with Gasteiger partial charge in [0.05, 0.1) is 6.61 Å². The molecule has 1 amide bonds. The Balaban J connectivity index is 1.59. The highest BCUT2D eigenvalue weighted by Gasteiger charge is 2.15. The number of benzene rings is 2. The van der Waals surface area contributed by atoms with Gasteiger partial charge in [0, 0.05) is 5.56 Å². The van der Waals surface area contributed by atoms with Gasteiger partial charge in [-0.3, -0.25) is 4.79 Å². The number of hydrogen-bond acceptors (Lipinski definition) is 6. The van der Waals surface area contributed by atoms with Crippen LogP contribution in [0.25, 0.3) is 11.3 Å². The van der Waals surface area contributed by atoms with E-state index in [9.17, 15) is 4.79 Å². The lowest BCUT2D eigenvalue weighted by atomic mass is 10.0. The first-order valence-electron chi connectivity index (χ1n) is 9.15. The van der Waals surface area contributed by atoms with Crippen LogP contribution in [-0.2, 0) is 4.79 Å². The van der Waals surface area contributed by atoms with E-state index in [-0.39, 0.29) is 18.3 Å². The van der Waals surface area contributed by atoms with Crippen LogP contribution in [0.4, 0.5) is 5.82 Å². The summed E-state index contributed by atoms with van der Waals surface area (Å²) in [5.41, 5.74) is 2.41. The average molecular weight is 381 g/mol. The molecule has 1 aromatic heterocycles. The molecule has 0 aliphatic heterocycles. The third-order valence-electron chi connectivity index (χ3n) is 4.10. The molecule has 3 aromatic rings. The molecule has 7 nitrogen and oxygen atoms in total. The first-order chi connectivity index (χ1) is 13.6. The molecule has 0 bridgehead atoms. The Hall–Kier alpha value is -3.35. The molecule has 0 radical (unpaired) electrons. The molecule has 0 fully saturated rings. The number of aromatic nitrogens is 2. The van der Waals surface area contributed by atoms with Gasteiger partial charge in [0.1, 0.15) is 11.5 Å². The van der Waals surface area contributed by atoms with Crippen molar-refractivity contribution in [2.45, 2.75) is 26.7 Å². The number of ether oxygens (including phenoxy) is 2. The molecule has 0 aliphatic rings. The SMILES string of the molecule is CCOc1ccc(-c2nonc2NC(=O)COc2ccc(C(C)C)cc2)cc1. The number of amides is 1. The zero-order chi connectivity index (χ0) is 19.9. The molecule has 2 aromatic carbocycles. The van der Waals surface area contributed by atoms with Gasteiger partial charge in [-0.05, 0) is 65.1 Å². The van der Waals surface area contributed by atoms with E-state index in [1.54, 1.807) is 0 Å². The highest BCUT2D eigenvalue weighted by molar-refractivity contribution is 5.94. The van der Waals surface area contributed by atoms with E-state index < -0.39 is 0 Å². The van der Waals surface area contributed by atoms with E-state index in [4.69, 9.17) is 14.1 Å². The summed E-state index contributed by atoms with van der Waals surface area (Å²) in [4.78, 5) is 12.2. The first-order valence-corrected chi connectivity index (χ1v) is 9.15. The molecule has 1 heterocycles. The Labute approximate surface area is 163 Å². The molecule has 0 saturated carbocycles. The second-order valence-electron chi connectivity index (χ2n) is 6.48. The van der Waals surface area contributed by atoms with Crippen molar-refractivity contribution >= 4 is 11.7 Å². The van der Waals surface area contributed by atoms with Gasteiger partial charge in [-0.2, -0.15) is 0 Å². The summed E-state index contributed by atoms with van der Waals surface area (Å²) in [6.07, 6.45) is 0. The van der Waals surface area contributed by atoms with Gasteiger partial charge in [-0.1, -0.05) is 26.0 Å². The third kappa shape index (κ3) is 4.88. The lowest BCUT2D eigenvalue weighted by Crippen LogP contribution is -2.20. The quantitative estimate of drug-likeness (QED) is 0.627. The van der Waals surface area contributed by atoms with Gasteiger partial charge in [-0.25, -0.2) is 4.63 Å². The number of rotatable bonds is 8. The Morgan fingerprint density at radius 1 is 1.00 bits per heavy atom. The topological polar surface area (TPSA) is 86.5 Å². The second kappa shape index (κ2) is 9.03. The minimum atomic E-state index is -0.351. The molecule has 146 valence electrons. The zero-order valence-corrected chi connectivity index (χ0v) is 16.1. The van der Waals surface area contributed by atoms with Gasteiger partial charge in [0.2, 0.25) is 5.82 Å². The van der Waals surface area contributed by atoms with Gasteiger partial charge in [0.25, 0.3) is 5.91 Å². The van der Waals surface area contributed by atoms with Crippen molar-refractivity contribution in [1.82, 2.24) is 10.3 Å². The van der Waals surface area contributed by atoms with Crippen molar-refractivity contribution < 1.29 is 18.9 Å². The van der Waals surface area contributed by atoms with Crippen LogP contribution in [0.3, 0.4) is 0 Å². The second-order valence-corrected chi connectivity index (χ2v) is 6.48. The molecule has 0 unspecified atom stereocenters. The number of anilines is 1. The Bertz CT molecular complexity index is 902. The predicted molar refractivity (Wildman–Crippen MR) is 106 cm³/mol. The maximum absolute atomic E-state index is 12.2. The molecule has 0 saturated heterocycles. The van der Waals surface area contributed by atoms with Crippen LogP contribution in [-0.4, -0.2) is 29.4 Å². The summed E-state index contributed by atoms with van der Waals surface area (Å²) in [5, 5.41) is 10.3. The smallest absolute Gasteiger partial charge is 0.263 e. The van der Waals surface area contributed by atoms with Crippen LogP contribution in [0.1, 0.15) is 32.3 Å². The molecule has 1 N–H and O–H groups in total. The third-order valence-corrected chi connectivity index (χ3v) is 4.10. The number of nitrogens with zero attached hydrogens (tertiary/aromatic N) is 2. The van der Waals surface area contributed by atoms with E-state index in [1.165, 1.54) is 5.56 Å². The Morgan fingerprint density at radius 2 is 1.64 bits per heavy atom. The van der Waals surface area contributed by atoms with Crippen LogP contribution in [0.2, 0.25) is 0 Å². The van der Waals surface area contributed by atoms with Crippen molar-refractivity contribution in [3.8, 4) is 22.8 Å². The number of hydrogen-bond donors (Lipinski definition) is 1. The number of carbonyl (C=O) groups excluding carboxylic acids is 1. The van der Waals surface area contributed by atoms with Gasteiger partial charge in [0.15, 0.2) is 12.3 Å². The van der Waals surface area contributed by atoms with Crippen LogP contribution in [0.15, 0.2) is 53.2 Å². The average Bonchev–Trinajstić information content (AvgIpc) is 3.15. The van der Waals surface area contributed by atoms with Crippen molar-refractivity contribution in [2.24, 2.45) is 0 Å². The van der Waals surface area contributed by atoms with E-state index in [0.29, 0.717) is 24.0 Å². The maximum Gasteiger partial charge on any atom is 0.263 e. The van der Waals surface area contributed by atoms with Crippen molar-refractivity contribution in [2.75, 3.05) is 18.5 Å². The Morgan fingerprint density at radius 3 is 2.29 bits per heavy atom. The van der Waals surface area contributed by atoms with Crippen molar-refractivity contribution in [3.05, 3.63) is 54.1 Å². The summed E-state index contributed by atoms with van der Waals surface area (Å²) >= 11 is 0. The van der Waals surface area contributed by atoms with Gasteiger partial charge < -0.3 is 14.8 Å². The number of carbonyl (C=O) groups is 1. The number of nitrogens with one attached hydrogen (secondary N) is 1. The zero-order valence-electron chi connectivity index (χ0n) is 16.1. The lowest BCUT2D eigenvalue weighted by molar-refractivity contribution is -0.118. The summed E-state index contributed by atoms with van der Waals surface area (Å²) < 4.78 is 15.7. The molecule has 7 heteroatoms. The van der Waals surface area contributed by atoms with Gasteiger partial charge >= 0.3 is 0 Å². The summed E-state index contributed by atoms with van der Waals surface area (Å²) in [6.45, 7) is 6.61.